The van der Waals surface area contributed by atoms with Gasteiger partial charge in [0.2, 0.25) is 0 Å². The summed E-state index contributed by atoms with van der Waals surface area (Å²) in [6.07, 6.45) is 0.125. The molecular weight excluding hydrogens is 196 g/mol. The molecule has 0 spiro atoms. The van der Waals surface area contributed by atoms with Crippen LogP contribution in [0.3, 0.4) is 0 Å². The minimum absolute atomic E-state index is 0.195. The van der Waals surface area contributed by atoms with Crippen LogP contribution in [0.5, 0.6) is 0 Å². The van der Waals surface area contributed by atoms with Crippen LogP contribution >= 0.6 is 0 Å². The first kappa shape index (κ1) is 14.4. The van der Waals surface area contributed by atoms with Crippen molar-refractivity contribution in [2.45, 2.75) is 45.8 Å². The lowest BCUT2D eigenvalue weighted by Gasteiger charge is -2.33. The SMILES string of the molecule is CCOC(=O)C(O)(CC)C(C)C(C)OC. The summed E-state index contributed by atoms with van der Waals surface area (Å²) >= 11 is 0. The second-order valence-corrected chi connectivity index (χ2v) is 3.73. The molecular formula is C11H22O4. The molecule has 1 N–H and O–H groups in total. The maximum absolute atomic E-state index is 11.6. The quantitative estimate of drug-likeness (QED) is 0.684. The average molecular weight is 218 g/mol. The second-order valence-electron chi connectivity index (χ2n) is 3.73. The summed E-state index contributed by atoms with van der Waals surface area (Å²) in [5.41, 5.74) is -1.45. The largest absolute Gasteiger partial charge is 0.464 e. The van der Waals surface area contributed by atoms with Gasteiger partial charge in [-0.2, -0.15) is 0 Å². The average Bonchev–Trinajstić information content (AvgIpc) is 2.26. The number of rotatable bonds is 6. The number of hydrogen-bond donors (Lipinski definition) is 1. The zero-order valence-corrected chi connectivity index (χ0v) is 10.2. The molecule has 3 atom stereocenters. The molecule has 4 heteroatoms. The van der Waals surface area contributed by atoms with Crippen molar-refractivity contribution in [1.29, 1.82) is 0 Å². The lowest BCUT2D eigenvalue weighted by molar-refractivity contribution is -0.176. The number of hydrogen-bond acceptors (Lipinski definition) is 4. The summed E-state index contributed by atoms with van der Waals surface area (Å²) in [6.45, 7) is 7.36. The molecule has 0 aromatic carbocycles. The summed E-state index contributed by atoms with van der Waals surface area (Å²) in [5.74, 6) is -0.865. The van der Waals surface area contributed by atoms with Crippen molar-refractivity contribution in [2.75, 3.05) is 13.7 Å². The number of carbonyl (C=O) groups excluding carboxylic acids is 1. The lowest BCUT2D eigenvalue weighted by atomic mass is 9.83. The van der Waals surface area contributed by atoms with Crippen molar-refractivity contribution < 1.29 is 19.4 Å². The summed E-state index contributed by atoms with van der Waals surface area (Å²) < 4.78 is 9.99. The molecule has 0 aliphatic heterocycles. The third kappa shape index (κ3) is 3.18. The van der Waals surface area contributed by atoms with Crippen LogP contribution in [-0.4, -0.2) is 36.5 Å². The van der Waals surface area contributed by atoms with Crippen LogP contribution in [0.1, 0.15) is 34.1 Å². The Morgan fingerprint density at radius 1 is 1.40 bits per heavy atom. The molecule has 0 aromatic heterocycles. The van der Waals surface area contributed by atoms with Gasteiger partial charge in [-0.25, -0.2) is 4.79 Å². The fourth-order valence-corrected chi connectivity index (χ4v) is 1.50. The Bertz CT molecular complexity index is 205. The maximum Gasteiger partial charge on any atom is 0.338 e. The molecule has 15 heavy (non-hydrogen) atoms. The Balaban J connectivity index is 4.74. The van der Waals surface area contributed by atoms with Crippen molar-refractivity contribution in [1.82, 2.24) is 0 Å². The van der Waals surface area contributed by atoms with Gasteiger partial charge in [-0.1, -0.05) is 13.8 Å². The van der Waals surface area contributed by atoms with E-state index in [1.165, 1.54) is 0 Å². The van der Waals surface area contributed by atoms with Crippen LogP contribution in [0, 0.1) is 5.92 Å². The van der Waals surface area contributed by atoms with Crippen LogP contribution < -0.4 is 0 Å². The van der Waals surface area contributed by atoms with E-state index < -0.39 is 11.6 Å². The fourth-order valence-electron chi connectivity index (χ4n) is 1.50. The normalized spacial score (nSPS) is 19.1. The Kier molecular flexibility index (Phi) is 5.83. The van der Waals surface area contributed by atoms with E-state index in [1.54, 1.807) is 27.9 Å². The van der Waals surface area contributed by atoms with Crippen molar-refractivity contribution in [3.8, 4) is 0 Å². The van der Waals surface area contributed by atoms with Gasteiger partial charge in [-0.15, -0.1) is 0 Å². The maximum atomic E-state index is 11.6. The van der Waals surface area contributed by atoms with Crippen molar-refractivity contribution in [3.05, 3.63) is 0 Å². The van der Waals surface area contributed by atoms with Gasteiger partial charge in [0.15, 0.2) is 5.60 Å². The Morgan fingerprint density at radius 2 is 1.93 bits per heavy atom. The molecule has 0 aromatic rings. The monoisotopic (exact) mass is 218 g/mol. The van der Waals surface area contributed by atoms with Crippen molar-refractivity contribution in [2.24, 2.45) is 5.92 Å². The Hall–Kier alpha value is -0.610. The van der Waals surface area contributed by atoms with Gasteiger partial charge in [0.1, 0.15) is 0 Å². The van der Waals surface area contributed by atoms with E-state index in [1.807, 2.05) is 6.92 Å². The molecule has 0 saturated heterocycles. The number of aliphatic hydroxyl groups is 1. The standard InChI is InChI=1S/C11H22O4/c1-6-11(13,10(12)15-7-2)8(3)9(4)14-5/h8-9,13H,6-7H2,1-5H3. The number of methoxy groups -OCH3 is 1. The van der Waals surface area contributed by atoms with Crippen LogP contribution in [0.2, 0.25) is 0 Å². The van der Waals surface area contributed by atoms with Crippen LogP contribution in [-0.2, 0) is 14.3 Å². The van der Waals surface area contributed by atoms with E-state index in [2.05, 4.69) is 0 Å². The number of ether oxygens (including phenoxy) is 2. The van der Waals surface area contributed by atoms with Crippen LogP contribution in [0.4, 0.5) is 0 Å². The van der Waals surface area contributed by atoms with Gasteiger partial charge in [-0.05, 0) is 20.3 Å². The molecule has 90 valence electrons. The minimum Gasteiger partial charge on any atom is -0.464 e. The number of esters is 1. The van der Waals surface area contributed by atoms with Gasteiger partial charge in [0, 0.05) is 13.0 Å². The molecule has 0 aliphatic rings. The Morgan fingerprint density at radius 3 is 2.27 bits per heavy atom. The zero-order valence-electron chi connectivity index (χ0n) is 10.2. The molecule has 3 unspecified atom stereocenters. The number of carbonyl (C=O) groups is 1. The second kappa shape index (κ2) is 6.08. The van der Waals surface area contributed by atoms with E-state index in [0.717, 1.165) is 0 Å². The summed E-state index contributed by atoms with van der Waals surface area (Å²) in [4.78, 5) is 11.6. The molecule has 0 aliphatic carbocycles. The van der Waals surface area contributed by atoms with Gasteiger partial charge >= 0.3 is 5.97 Å². The van der Waals surface area contributed by atoms with Crippen LogP contribution in [0.15, 0.2) is 0 Å². The first-order chi connectivity index (χ1) is 6.93. The van der Waals surface area contributed by atoms with Gasteiger partial charge < -0.3 is 14.6 Å². The fraction of sp³-hybridized carbons (Fsp3) is 0.909. The highest BCUT2D eigenvalue weighted by Crippen LogP contribution is 2.27. The predicted octanol–water partition coefficient (Wildman–Crippen LogP) is 1.36. The highest BCUT2D eigenvalue weighted by Gasteiger charge is 2.43. The zero-order chi connectivity index (χ0) is 12.1. The molecule has 0 radical (unpaired) electrons. The highest BCUT2D eigenvalue weighted by molar-refractivity contribution is 5.79. The Labute approximate surface area is 91.6 Å². The summed E-state index contributed by atoms with van der Waals surface area (Å²) in [5, 5.41) is 10.2. The highest BCUT2D eigenvalue weighted by atomic mass is 16.5. The third-order valence-corrected chi connectivity index (χ3v) is 3.00. The molecule has 0 heterocycles. The minimum atomic E-state index is -1.45. The molecule has 0 fully saturated rings. The van der Waals surface area contributed by atoms with Crippen LogP contribution in [0.25, 0.3) is 0 Å². The van der Waals surface area contributed by atoms with Gasteiger partial charge in [-0.3, -0.25) is 0 Å². The first-order valence-electron chi connectivity index (χ1n) is 5.36. The van der Waals surface area contributed by atoms with E-state index in [9.17, 15) is 9.90 Å². The van der Waals surface area contributed by atoms with Crippen molar-refractivity contribution in [3.63, 3.8) is 0 Å². The summed E-state index contributed by atoms with van der Waals surface area (Å²) in [6, 6.07) is 0. The van der Waals surface area contributed by atoms with Crippen molar-refractivity contribution >= 4 is 5.97 Å². The molecule has 4 nitrogen and oxygen atoms in total. The molecule has 0 saturated carbocycles. The smallest absolute Gasteiger partial charge is 0.338 e. The summed E-state index contributed by atoms with van der Waals surface area (Å²) in [7, 11) is 1.56. The van der Waals surface area contributed by atoms with Gasteiger partial charge in [0.05, 0.1) is 12.7 Å². The van der Waals surface area contributed by atoms with E-state index in [-0.39, 0.29) is 18.6 Å². The molecule has 0 rings (SSSR count). The van der Waals surface area contributed by atoms with E-state index in [4.69, 9.17) is 9.47 Å². The topological polar surface area (TPSA) is 55.8 Å². The molecule has 0 amide bonds. The van der Waals surface area contributed by atoms with E-state index in [0.29, 0.717) is 6.42 Å². The lowest BCUT2D eigenvalue weighted by Crippen LogP contribution is -2.49. The van der Waals surface area contributed by atoms with E-state index >= 15 is 0 Å². The third-order valence-electron chi connectivity index (χ3n) is 3.00. The van der Waals surface area contributed by atoms with Gasteiger partial charge in [0.25, 0.3) is 0 Å². The predicted molar refractivity (Wildman–Crippen MR) is 57.5 cm³/mol. The first-order valence-corrected chi connectivity index (χ1v) is 5.36. The molecule has 0 bridgehead atoms.